The summed E-state index contributed by atoms with van der Waals surface area (Å²) in [6.45, 7) is 2.50. The van der Waals surface area contributed by atoms with Crippen molar-refractivity contribution in [1.82, 2.24) is 0 Å². The maximum Gasteiger partial charge on any atom is 0.231 e. The average Bonchev–Trinajstić information content (AvgIpc) is 2.10. The maximum atomic E-state index is 10.4. The number of aliphatic hydroxyl groups excluding tert-OH is 1. The Balaban J connectivity index is 4.93. The number of rotatable bonds is 6. The molecule has 16 heavy (non-hydrogen) atoms. The monoisotopic (exact) mass is 233 g/mol. The molecule has 8 nitrogen and oxygen atoms in total. The van der Waals surface area contributed by atoms with E-state index in [1.165, 1.54) is 13.8 Å². The Morgan fingerprint density at radius 1 is 1.44 bits per heavy atom. The largest absolute Gasteiger partial charge is 0.378 e. The fourth-order valence-electron chi connectivity index (χ4n) is 1.10. The van der Waals surface area contributed by atoms with Crippen LogP contribution in [0.4, 0.5) is 0 Å². The molecule has 92 valence electrons. The molecule has 0 fully saturated rings. The molecule has 0 bridgehead atoms. The SMILES string of the molecule is CC(C)(C(N)O)[C@@H](/C=C/[N+](=O)[O-])C[N+](=O)[O-]. The second-order valence-corrected chi connectivity index (χ2v) is 4.01. The van der Waals surface area contributed by atoms with Gasteiger partial charge in [0.15, 0.2) is 0 Å². The van der Waals surface area contributed by atoms with E-state index in [2.05, 4.69) is 0 Å². The lowest BCUT2D eigenvalue weighted by Crippen LogP contribution is -2.44. The lowest BCUT2D eigenvalue weighted by Gasteiger charge is -2.31. The summed E-state index contributed by atoms with van der Waals surface area (Å²) in [5.74, 6) is -0.812. The fraction of sp³-hybridized carbons (Fsp3) is 0.750. The molecular weight excluding hydrogens is 218 g/mol. The van der Waals surface area contributed by atoms with E-state index in [4.69, 9.17) is 5.73 Å². The van der Waals surface area contributed by atoms with Crippen molar-refractivity contribution in [1.29, 1.82) is 0 Å². The van der Waals surface area contributed by atoms with Gasteiger partial charge in [-0.3, -0.25) is 20.2 Å². The van der Waals surface area contributed by atoms with Gasteiger partial charge in [0.25, 0.3) is 0 Å². The predicted octanol–water partition coefficient (Wildman–Crippen LogP) is -0.0270. The summed E-state index contributed by atoms with van der Waals surface area (Å²) in [4.78, 5) is 19.2. The van der Waals surface area contributed by atoms with Gasteiger partial charge < -0.3 is 10.8 Å². The minimum Gasteiger partial charge on any atom is -0.378 e. The standard InChI is InChI=1S/C8H15N3O5/c1-8(2,7(9)12)6(5-11(15)16)3-4-10(13)14/h3-4,6-7,12H,5,9H2,1-2H3/b4-3+/t6-,7?/m0/s1. The smallest absolute Gasteiger partial charge is 0.231 e. The summed E-state index contributed by atoms with van der Waals surface area (Å²) in [6.07, 6.45) is 0.408. The van der Waals surface area contributed by atoms with Crippen LogP contribution >= 0.6 is 0 Å². The molecule has 0 aromatic heterocycles. The molecule has 2 atom stereocenters. The number of hydrogen-bond acceptors (Lipinski definition) is 6. The first-order valence-electron chi connectivity index (χ1n) is 4.55. The summed E-state index contributed by atoms with van der Waals surface area (Å²) in [5.41, 5.74) is 4.27. The summed E-state index contributed by atoms with van der Waals surface area (Å²) in [6, 6.07) is 0. The van der Waals surface area contributed by atoms with E-state index in [-0.39, 0.29) is 0 Å². The van der Waals surface area contributed by atoms with Crippen LogP contribution in [0.25, 0.3) is 0 Å². The molecule has 0 aromatic rings. The highest BCUT2D eigenvalue weighted by Gasteiger charge is 2.36. The molecule has 0 aliphatic carbocycles. The van der Waals surface area contributed by atoms with Gasteiger partial charge in [-0.1, -0.05) is 13.8 Å². The molecule has 0 aliphatic heterocycles. The van der Waals surface area contributed by atoms with Crippen molar-refractivity contribution >= 4 is 0 Å². The van der Waals surface area contributed by atoms with Gasteiger partial charge in [0, 0.05) is 10.3 Å². The third-order valence-electron chi connectivity index (χ3n) is 2.50. The van der Waals surface area contributed by atoms with Crippen LogP contribution < -0.4 is 5.73 Å². The quantitative estimate of drug-likeness (QED) is 0.376. The normalized spacial score (nSPS) is 16.0. The number of aliphatic hydroxyl groups is 1. The Kier molecular flexibility index (Phi) is 4.99. The van der Waals surface area contributed by atoms with Crippen LogP contribution in [0.1, 0.15) is 13.8 Å². The van der Waals surface area contributed by atoms with E-state index < -0.39 is 34.0 Å². The molecule has 1 unspecified atom stereocenters. The fourth-order valence-corrected chi connectivity index (χ4v) is 1.10. The van der Waals surface area contributed by atoms with Crippen molar-refractivity contribution in [3.05, 3.63) is 32.5 Å². The highest BCUT2D eigenvalue weighted by atomic mass is 16.6. The number of hydrogen-bond donors (Lipinski definition) is 2. The van der Waals surface area contributed by atoms with Crippen LogP contribution in [0, 0.1) is 31.6 Å². The third-order valence-corrected chi connectivity index (χ3v) is 2.50. The molecule has 0 aliphatic rings. The van der Waals surface area contributed by atoms with Gasteiger partial charge in [-0.05, 0) is 6.08 Å². The Labute approximate surface area is 92.0 Å². The highest BCUT2D eigenvalue weighted by Crippen LogP contribution is 2.30. The summed E-state index contributed by atoms with van der Waals surface area (Å²) < 4.78 is 0. The van der Waals surface area contributed by atoms with E-state index >= 15 is 0 Å². The van der Waals surface area contributed by atoms with E-state index in [0.717, 1.165) is 6.08 Å². The van der Waals surface area contributed by atoms with Gasteiger partial charge in [0.2, 0.25) is 12.7 Å². The molecule has 0 saturated carbocycles. The molecule has 0 aromatic carbocycles. The third kappa shape index (κ3) is 4.32. The Hall–Kier alpha value is -1.54. The second kappa shape index (κ2) is 5.52. The first kappa shape index (κ1) is 14.5. The minimum atomic E-state index is -1.30. The van der Waals surface area contributed by atoms with Crippen LogP contribution in [0.15, 0.2) is 12.3 Å². The summed E-state index contributed by atoms with van der Waals surface area (Å²) >= 11 is 0. The molecular formula is C8H15N3O5. The zero-order chi connectivity index (χ0) is 12.9. The highest BCUT2D eigenvalue weighted by molar-refractivity contribution is 4.94. The van der Waals surface area contributed by atoms with Crippen molar-refractivity contribution in [3.8, 4) is 0 Å². The minimum absolute atomic E-state index is 0.522. The van der Waals surface area contributed by atoms with Gasteiger partial charge in [-0.25, -0.2) is 0 Å². The van der Waals surface area contributed by atoms with E-state index in [0.29, 0.717) is 6.20 Å². The molecule has 3 N–H and O–H groups in total. The zero-order valence-electron chi connectivity index (χ0n) is 9.07. The predicted molar refractivity (Wildman–Crippen MR) is 55.5 cm³/mol. The van der Waals surface area contributed by atoms with Gasteiger partial charge in [-0.2, -0.15) is 0 Å². The topological polar surface area (TPSA) is 133 Å². The molecule has 0 saturated heterocycles. The molecule has 0 rings (SSSR count). The number of nitro groups is 2. The lowest BCUT2D eigenvalue weighted by molar-refractivity contribution is -0.490. The van der Waals surface area contributed by atoms with Crippen molar-refractivity contribution in [3.63, 3.8) is 0 Å². The van der Waals surface area contributed by atoms with Crippen LogP contribution in [-0.4, -0.2) is 27.7 Å². The first-order valence-corrected chi connectivity index (χ1v) is 4.55. The van der Waals surface area contributed by atoms with E-state index in [9.17, 15) is 25.3 Å². The number of nitrogens with zero attached hydrogens (tertiary/aromatic N) is 2. The Morgan fingerprint density at radius 2 is 1.94 bits per heavy atom. The Bertz CT molecular complexity index is 300. The molecule has 0 heterocycles. The van der Waals surface area contributed by atoms with Crippen molar-refractivity contribution in [2.24, 2.45) is 17.1 Å². The number of nitrogens with two attached hydrogens (primary N) is 1. The van der Waals surface area contributed by atoms with Gasteiger partial charge in [0.1, 0.15) is 6.23 Å². The summed E-state index contributed by atoms with van der Waals surface area (Å²) in [5, 5.41) is 29.8. The van der Waals surface area contributed by atoms with Crippen LogP contribution in [0.2, 0.25) is 0 Å². The molecule has 8 heteroatoms. The lowest BCUT2D eigenvalue weighted by atomic mass is 9.77. The van der Waals surface area contributed by atoms with Crippen LogP contribution in [0.5, 0.6) is 0 Å². The maximum absolute atomic E-state index is 10.4. The first-order chi connectivity index (χ1) is 7.17. The van der Waals surface area contributed by atoms with Crippen LogP contribution in [0.3, 0.4) is 0 Å². The molecule has 0 radical (unpaired) electrons. The zero-order valence-corrected chi connectivity index (χ0v) is 9.07. The van der Waals surface area contributed by atoms with Gasteiger partial charge in [0.05, 0.1) is 10.8 Å². The Morgan fingerprint density at radius 3 is 2.25 bits per heavy atom. The van der Waals surface area contributed by atoms with Gasteiger partial charge >= 0.3 is 0 Å². The van der Waals surface area contributed by atoms with E-state index in [1.807, 2.05) is 0 Å². The summed E-state index contributed by atoms with van der Waals surface area (Å²) in [7, 11) is 0. The van der Waals surface area contributed by atoms with Gasteiger partial charge in [-0.15, -0.1) is 0 Å². The van der Waals surface area contributed by atoms with Crippen molar-refractivity contribution in [2.45, 2.75) is 20.1 Å². The van der Waals surface area contributed by atoms with E-state index in [1.54, 1.807) is 0 Å². The van der Waals surface area contributed by atoms with Crippen molar-refractivity contribution in [2.75, 3.05) is 6.54 Å². The average molecular weight is 233 g/mol. The second-order valence-electron chi connectivity index (χ2n) is 4.01. The molecule has 0 spiro atoms. The molecule has 0 amide bonds. The van der Waals surface area contributed by atoms with Crippen LogP contribution in [-0.2, 0) is 0 Å². The van der Waals surface area contributed by atoms with Crippen molar-refractivity contribution < 1.29 is 15.0 Å².